The van der Waals surface area contributed by atoms with E-state index in [1.165, 1.54) is 0 Å². The van der Waals surface area contributed by atoms with Gasteiger partial charge in [0.25, 0.3) is 0 Å². The Kier molecular flexibility index (Phi) is 5.19. The van der Waals surface area contributed by atoms with Crippen LogP contribution in [0.15, 0.2) is 0 Å². The van der Waals surface area contributed by atoms with Gasteiger partial charge in [-0.15, -0.1) is 0 Å². The second-order valence-corrected chi connectivity index (χ2v) is 2.34. The first-order valence-corrected chi connectivity index (χ1v) is 3.55. The molecule has 0 saturated carbocycles. The van der Waals surface area contributed by atoms with Gasteiger partial charge >= 0.3 is 6.18 Å². The Bertz CT molecular complexity index is 118. The normalized spacial score (nSPS) is 14.8. The van der Waals surface area contributed by atoms with Crippen LogP contribution in [0.4, 0.5) is 13.2 Å². The molecule has 0 amide bonds. The summed E-state index contributed by atoms with van der Waals surface area (Å²) in [6, 6.07) is 0. The first-order chi connectivity index (χ1) is 5.48. The van der Waals surface area contributed by atoms with E-state index in [1.54, 1.807) is 0 Å². The van der Waals surface area contributed by atoms with Gasteiger partial charge in [0, 0.05) is 13.2 Å². The van der Waals surface area contributed by atoms with Crippen LogP contribution in [0.5, 0.6) is 0 Å². The highest BCUT2D eigenvalue weighted by atomic mass is 19.4. The van der Waals surface area contributed by atoms with Gasteiger partial charge < -0.3 is 15.5 Å². The molecule has 0 bridgehead atoms. The van der Waals surface area contributed by atoms with Crippen LogP contribution in [-0.4, -0.2) is 42.2 Å². The van der Waals surface area contributed by atoms with Crippen LogP contribution in [0.25, 0.3) is 0 Å². The van der Waals surface area contributed by atoms with Crippen LogP contribution in [-0.2, 0) is 0 Å². The number of hydrogen-bond donors (Lipinski definition) is 3. The minimum Gasteiger partial charge on any atom is -0.396 e. The molecule has 0 heterocycles. The minimum absolute atomic E-state index is 0.0743. The Morgan fingerprint density at radius 1 is 1.33 bits per heavy atom. The third kappa shape index (κ3) is 5.34. The van der Waals surface area contributed by atoms with Gasteiger partial charge in [0.15, 0.2) is 6.10 Å². The standard InChI is InChI=1S/C6H12F3NO2/c7-6(8,9)5(12)4-10-2-1-3-11/h5,10-12H,1-4H2. The van der Waals surface area contributed by atoms with Crippen molar-refractivity contribution in [3.8, 4) is 0 Å². The van der Waals surface area contributed by atoms with Crippen molar-refractivity contribution in [2.24, 2.45) is 0 Å². The molecule has 3 nitrogen and oxygen atoms in total. The highest BCUT2D eigenvalue weighted by molar-refractivity contribution is 4.67. The van der Waals surface area contributed by atoms with Crippen molar-refractivity contribution in [2.75, 3.05) is 19.7 Å². The summed E-state index contributed by atoms with van der Waals surface area (Å²) in [7, 11) is 0. The molecule has 0 aliphatic carbocycles. The van der Waals surface area contributed by atoms with Crippen molar-refractivity contribution >= 4 is 0 Å². The van der Waals surface area contributed by atoms with Gasteiger partial charge in [-0.2, -0.15) is 13.2 Å². The second-order valence-electron chi connectivity index (χ2n) is 2.34. The first kappa shape index (κ1) is 11.7. The number of aliphatic hydroxyl groups is 2. The van der Waals surface area contributed by atoms with E-state index in [1.807, 2.05) is 0 Å². The highest BCUT2D eigenvalue weighted by Gasteiger charge is 2.37. The van der Waals surface area contributed by atoms with E-state index in [0.717, 1.165) is 0 Å². The Balaban J connectivity index is 3.38. The van der Waals surface area contributed by atoms with E-state index in [-0.39, 0.29) is 13.2 Å². The number of hydrogen-bond acceptors (Lipinski definition) is 3. The summed E-state index contributed by atoms with van der Waals surface area (Å²) in [6.07, 6.45) is -6.51. The fourth-order valence-corrected chi connectivity index (χ4v) is 0.559. The summed E-state index contributed by atoms with van der Waals surface area (Å²) in [5, 5.41) is 19.1. The average molecular weight is 187 g/mol. The summed E-state index contributed by atoms with van der Waals surface area (Å²) in [5.41, 5.74) is 0. The fourth-order valence-electron chi connectivity index (χ4n) is 0.559. The topological polar surface area (TPSA) is 52.5 Å². The molecule has 0 fully saturated rings. The van der Waals surface area contributed by atoms with E-state index in [0.29, 0.717) is 6.42 Å². The van der Waals surface area contributed by atoms with Crippen molar-refractivity contribution in [3.63, 3.8) is 0 Å². The Hall–Kier alpha value is -0.330. The lowest BCUT2D eigenvalue weighted by Crippen LogP contribution is -2.38. The first-order valence-electron chi connectivity index (χ1n) is 3.55. The van der Waals surface area contributed by atoms with Gasteiger partial charge in [-0.05, 0) is 13.0 Å². The zero-order chi connectivity index (χ0) is 9.61. The molecule has 3 N–H and O–H groups in total. The fraction of sp³-hybridized carbons (Fsp3) is 1.00. The third-order valence-corrected chi connectivity index (χ3v) is 1.23. The van der Waals surface area contributed by atoms with Crippen molar-refractivity contribution in [1.82, 2.24) is 5.32 Å². The molecule has 6 heteroatoms. The van der Waals surface area contributed by atoms with Crippen molar-refractivity contribution in [1.29, 1.82) is 0 Å². The molecule has 0 aromatic rings. The van der Waals surface area contributed by atoms with Crippen LogP contribution in [0.2, 0.25) is 0 Å². The predicted octanol–water partition coefficient (Wildman–Crippen LogP) is -0.118. The Morgan fingerprint density at radius 2 is 1.92 bits per heavy atom. The molecule has 12 heavy (non-hydrogen) atoms. The summed E-state index contributed by atoms with van der Waals surface area (Å²) in [5.74, 6) is 0. The van der Waals surface area contributed by atoms with Crippen LogP contribution < -0.4 is 5.32 Å². The largest absolute Gasteiger partial charge is 0.415 e. The molecular formula is C6H12F3NO2. The maximum Gasteiger partial charge on any atom is 0.415 e. The van der Waals surface area contributed by atoms with Gasteiger partial charge in [-0.1, -0.05) is 0 Å². The molecule has 1 unspecified atom stereocenters. The quantitative estimate of drug-likeness (QED) is 0.526. The average Bonchev–Trinajstić information content (AvgIpc) is 1.96. The van der Waals surface area contributed by atoms with Gasteiger partial charge in [-0.3, -0.25) is 0 Å². The maximum absolute atomic E-state index is 11.6. The maximum atomic E-state index is 11.6. The monoisotopic (exact) mass is 187 g/mol. The SMILES string of the molecule is OCCCNCC(O)C(F)(F)F. The number of halogens is 3. The van der Waals surface area contributed by atoms with E-state index in [2.05, 4.69) is 5.32 Å². The van der Waals surface area contributed by atoms with Gasteiger partial charge in [0.05, 0.1) is 0 Å². The van der Waals surface area contributed by atoms with E-state index < -0.39 is 18.8 Å². The number of rotatable bonds is 5. The molecule has 0 spiro atoms. The Morgan fingerprint density at radius 3 is 2.33 bits per heavy atom. The number of aliphatic hydroxyl groups excluding tert-OH is 2. The molecule has 0 radical (unpaired) electrons. The van der Waals surface area contributed by atoms with Crippen LogP contribution in [0, 0.1) is 0 Å². The molecule has 1 atom stereocenters. The molecule has 0 aromatic carbocycles. The van der Waals surface area contributed by atoms with Gasteiger partial charge in [0.1, 0.15) is 0 Å². The highest BCUT2D eigenvalue weighted by Crippen LogP contribution is 2.18. The summed E-state index contributed by atoms with van der Waals surface area (Å²) < 4.78 is 34.9. The van der Waals surface area contributed by atoms with E-state index >= 15 is 0 Å². The molecule has 0 saturated heterocycles. The lowest BCUT2D eigenvalue weighted by Gasteiger charge is -2.14. The summed E-state index contributed by atoms with van der Waals surface area (Å²) in [6.45, 7) is -0.331. The predicted molar refractivity (Wildman–Crippen MR) is 36.6 cm³/mol. The van der Waals surface area contributed by atoms with Crippen LogP contribution in [0.1, 0.15) is 6.42 Å². The molecule has 74 valence electrons. The Labute approximate surface area is 68.2 Å². The zero-order valence-electron chi connectivity index (χ0n) is 6.43. The van der Waals surface area contributed by atoms with E-state index in [4.69, 9.17) is 10.2 Å². The zero-order valence-corrected chi connectivity index (χ0v) is 6.43. The molecule has 0 aliphatic rings. The molecule has 0 rings (SSSR count). The molecule has 0 aliphatic heterocycles. The third-order valence-electron chi connectivity index (χ3n) is 1.23. The smallest absolute Gasteiger partial charge is 0.396 e. The van der Waals surface area contributed by atoms with Gasteiger partial charge in [-0.25, -0.2) is 0 Å². The number of alkyl halides is 3. The van der Waals surface area contributed by atoms with E-state index in [9.17, 15) is 13.2 Å². The van der Waals surface area contributed by atoms with Crippen molar-refractivity contribution in [2.45, 2.75) is 18.7 Å². The molecule has 0 aromatic heterocycles. The molecular weight excluding hydrogens is 175 g/mol. The lowest BCUT2D eigenvalue weighted by molar-refractivity contribution is -0.201. The summed E-state index contributed by atoms with van der Waals surface area (Å²) >= 11 is 0. The van der Waals surface area contributed by atoms with Crippen molar-refractivity contribution < 1.29 is 23.4 Å². The van der Waals surface area contributed by atoms with Crippen molar-refractivity contribution in [3.05, 3.63) is 0 Å². The number of nitrogens with one attached hydrogen (secondary N) is 1. The van der Waals surface area contributed by atoms with Gasteiger partial charge in [0.2, 0.25) is 0 Å². The lowest BCUT2D eigenvalue weighted by atomic mass is 10.3. The van der Waals surface area contributed by atoms with Crippen LogP contribution in [0.3, 0.4) is 0 Å². The minimum atomic E-state index is -4.56. The summed E-state index contributed by atoms with van der Waals surface area (Å²) in [4.78, 5) is 0. The van der Waals surface area contributed by atoms with Crippen LogP contribution >= 0.6 is 0 Å². The second kappa shape index (κ2) is 5.34.